The Morgan fingerprint density at radius 2 is 1.75 bits per heavy atom. The van der Waals surface area contributed by atoms with Gasteiger partial charge in [-0.3, -0.25) is 19.8 Å². The number of benzene rings is 2. The van der Waals surface area contributed by atoms with E-state index in [1.807, 2.05) is 12.1 Å². The third kappa shape index (κ3) is 7.43. The van der Waals surface area contributed by atoms with Gasteiger partial charge in [0.1, 0.15) is 23.8 Å². The largest absolute Gasteiger partial charge is 0.474 e. The van der Waals surface area contributed by atoms with Gasteiger partial charge in [0.25, 0.3) is 15.9 Å². The molecule has 15 nitrogen and oxygen atoms in total. The first-order valence-corrected chi connectivity index (χ1v) is 24.1. The highest BCUT2D eigenvalue weighted by atomic mass is 32.2. The Kier molecular flexibility index (Phi) is 10.1. The number of pyridine rings is 2. The Bertz CT molecular complexity index is 2700. The van der Waals surface area contributed by atoms with E-state index in [0.717, 1.165) is 68.3 Å². The van der Waals surface area contributed by atoms with Crippen LogP contribution in [0.3, 0.4) is 0 Å². The quantitative estimate of drug-likeness (QED) is 0.0850. The van der Waals surface area contributed by atoms with Gasteiger partial charge in [-0.2, -0.15) is 13.4 Å². The number of anilines is 2. The van der Waals surface area contributed by atoms with Crippen LogP contribution in [0, 0.1) is 21.4 Å². The fourth-order valence-corrected chi connectivity index (χ4v) is 12.0. The molecule has 6 heterocycles. The summed E-state index contributed by atoms with van der Waals surface area (Å²) < 4.78 is 41.8. The van der Waals surface area contributed by atoms with E-state index in [2.05, 4.69) is 59.1 Å². The van der Waals surface area contributed by atoms with Crippen molar-refractivity contribution in [1.82, 2.24) is 24.6 Å². The summed E-state index contributed by atoms with van der Waals surface area (Å²) >= 11 is 0. The topological polar surface area (TPSA) is 185 Å². The van der Waals surface area contributed by atoms with Gasteiger partial charge in [0.2, 0.25) is 5.88 Å². The lowest BCUT2D eigenvalue weighted by Crippen LogP contribution is -2.55. The molecule has 5 aromatic rings. The van der Waals surface area contributed by atoms with Crippen LogP contribution in [0.5, 0.6) is 17.4 Å². The fourth-order valence-electron chi connectivity index (χ4n) is 11.1. The van der Waals surface area contributed by atoms with E-state index in [-0.39, 0.29) is 35.5 Å². The molecule has 1 amide bonds. The number of nitro groups is 1. The fraction of sp³-hybridized carbons (Fsp3) is 0.468. The molecule has 0 unspecified atom stereocenters. The van der Waals surface area contributed by atoms with Crippen LogP contribution in [0.4, 0.5) is 17.1 Å². The number of likely N-dealkylation sites (tertiary alicyclic amines) is 1. The van der Waals surface area contributed by atoms with Crippen LogP contribution in [0.15, 0.2) is 78.1 Å². The number of carbonyl (C=O) groups excluding carboxylic acids is 1. The molecule has 0 radical (unpaired) electrons. The molecule has 6 aliphatic rings. The Balaban J connectivity index is 0.807. The van der Waals surface area contributed by atoms with E-state index < -0.39 is 31.6 Å². The Morgan fingerprint density at radius 3 is 2.49 bits per heavy atom. The van der Waals surface area contributed by atoms with Gasteiger partial charge >= 0.3 is 5.69 Å². The molecule has 3 saturated carbocycles. The van der Waals surface area contributed by atoms with Crippen LogP contribution >= 0.6 is 0 Å². The van der Waals surface area contributed by atoms with Gasteiger partial charge < -0.3 is 24.7 Å². The maximum atomic E-state index is 14.0. The van der Waals surface area contributed by atoms with Gasteiger partial charge in [-0.15, -0.1) is 0 Å². The van der Waals surface area contributed by atoms with Gasteiger partial charge in [0, 0.05) is 48.5 Å². The third-order valence-electron chi connectivity index (χ3n) is 15.1. The number of H-pyrrole nitrogens is 1. The molecule has 3 aliphatic heterocycles. The molecule has 0 bridgehead atoms. The zero-order chi connectivity index (χ0) is 42.9. The lowest BCUT2D eigenvalue weighted by molar-refractivity contribution is -0.384. The minimum absolute atomic E-state index is 0.0364. The Labute approximate surface area is 366 Å². The Morgan fingerprint density at radius 1 is 0.952 bits per heavy atom. The highest BCUT2D eigenvalue weighted by molar-refractivity contribution is 7.90. The van der Waals surface area contributed by atoms with Crippen molar-refractivity contribution in [2.45, 2.75) is 106 Å². The smallest absolute Gasteiger partial charge is 0.300 e. The zero-order valence-corrected chi connectivity index (χ0v) is 35.9. The van der Waals surface area contributed by atoms with Crippen molar-refractivity contribution in [2.75, 3.05) is 36.5 Å². The highest BCUT2D eigenvalue weighted by Gasteiger charge is 2.50. The summed E-state index contributed by atoms with van der Waals surface area (Å²) in [6.07, 6.45) is 17.4. The van der Waals surface area contributed by atoms with Crippen molar-refractivity contribution in [3.8, 4) is 17.4 Å². The number of piperidine rings is 1. The molecule has 2 saturated heterocycles. The van der Waals surface area contributed by atoms with Crippen molar-refractivity contribution in [3.63, 3.8) is 0 Å². The zero-order valence-electron chi connectivity index (χ0n) is 35.1. The van der Waals surface area contributed by atoms with Gasteiger partial charge in [0.05, 0.1) is 28.8 Å². The van der Waals surface area contributed by atoms with Crippen LogP contribution in [0.25, 0.3) is 11.0 Å². The van der Waals surface area contributed by atoms with Crippen LogP contribution in [0.2, 0.25) is 0 Å². The van der Waals surface area contributed by atoms with E-state index in [4.69, 9.17) is 9.47 Å². The van der Waals surface area contributed by atoms with E-state index in [1.54, 1.807) is 35.5 Å². The summed E-state index contributed by atoms with van der Waals surface area (Å²) in [6.45, 7) is 3.06. The number of hydrogen-bond acceptors (Lipinski definition) is 12. The molecule has 3 aromatic heterocycles. The number of nitrogens with zero attached hydrogens (tertiary/aromatic N) is 5. The van der Waals surface area contributed by atoms with Gasteiger partial charge in [-0.1, -0.05) is 37.1 Å². The summed E-state index contributed by atoms with van der Waals surface area (Å²) in [5, 5.41) is 15.5. The van der Waals surface area contributed by atoms with Crippen molar-refractivity contribution < 1.29 is 27.6 Å². The molecule has 3 N–H and O–H groups in total. The number of fused-ring (bicyclic) bond motifs is 2. The predicted octanol–water partition coefficient (Wildman–Crippen LogP) is 8.60. The monoisotopic (exact) mass is 872 g/mol. The van der Waals surface area contributed by atoms with Gasteiger partial charge in [-0.05, 0) is 123 Å². The van der Waals surface area contributed by atoms with E-state index >= 15 is 0 Å². The summed E-state index contributed by atoms with van der Waals surface area (Å²) in [5.41, 5.74) is 4.48. The summed E-state index contributed by atoms with van der Waals surface area (Å²) in [6, 6.07) is 19.9. The molecule has 5 fully saturated rings. The van der Waals surface area contributed by atoms with Gasteiger partial charge in [-0.25, -0.2) is 9.71 Å². The lowest BCUT2D eigenvalue weighted by Gasteiger charge is -2.56. The van der Waals surface area contributed by atoms with Crippen LogP contribution in [0.1, 0.15) is 110 Å². The standard InChI is InChI=1S/C47H52N8O7S/c56-45(52-63(59,60)42-24-40(55(57)58)43-46(51-42)61-28-38(50-43)30-8-4-9-30)37-14-13-32(23-41(37)62-34-22-31-15-18-48-44(31)49-27-34)53-20-16-47(17-21-53)25-33(26-47)54-19-5-12-39(54)36-11-2-1-10-35(36)29-6-3-7-29/h1-2,10-11,13-15,18,22-24,27,29-30,33,38-39,50H,3-9,12,16-17,19-21,25-26,28H2,(H,48,49)(H,52,56)/t38-,39+/m1/s1. The van der Waals surface area contributed by atoms with Crippen molar-refractivity contribution in [1.29, 1.82) is 0 Å². The van der Waals surface area contributed by atoms with Crippen molar-refractivity contribution in [3.05, 3.63) is 99.9 Å². The molecule has 3 aliphatic carbocycles. The molecule has 1 spiro atoms. The van der Waals surface area contributed by atoms with Crippen molar-refractivity contribution >= 4 is 44.0 Å². The van der Waals surface area contributed by atoms with Crippen LogP contribution < -0.4 is 24.4 Å². The van der Waals surface area contributed by atoms with E-state index in [1.165, 1.54) is 57.7 Å². The Hall–Kier alpha value is -5.74. The number of aromatic amines is 1. The number of rotatable bonds is 11. The molecule has 63 heavy (non-hydrogen) atoms. The first kappa shape index (κ1) is 40.1. The van der Waals surface area contributed by atoms with Gasteiger partial charge in [0.15, 0.2) is 10.7 Å². The minimum Gasteiger partial charge on any atom is -0.474 e. The normalized spacial score (nSPS) is 22.6. The molecule has 16 heteroatoms. The maximum absolute atomic E-state index is 14.0. The molecular weight excluding hydrogens is 821 g/mol. The predicted molar refractivity (Wildman–Crippen MR) is 237 cm³/mol. The average Bonchev–Trinajstić information content (AvgIpc) is 3.91. The summed E-state index contributed by atoms with van der Waals surface area (Å²) in [7, 11) is -4.72. The lowest BCUT2D eigenvalue weighted by atomic mass is 9.59. The minimum atomic E-state index is -4.72. The number of aromatic nitrogens is 3. The molecular formula is C47H52N8O7S. The number of carbonyl (C=O) groups is 1. The number of nitrogens with one attached hydrogen (secondary N) is 3. The summed E-state index contributed by atoms with van der Waals surface area (Å²) in [4.78, 5) is 42.3. The summed E-state index contributed by atoms with van der Waals surface area (Å²) in [5.74, 6) is 0.364. The molecule has 328 valence electrons. The average molecular weight is 873 g/mol. The molecule has 11 rings (SSSR count). The van der Waals surface area contributed by atoms with E-state index in [0.29, 0.717) is 34.8 Å². The second-order valence-corrected chi connectivity index (χ2v) is 20.3. The second kappa shape index (κ2) is 15.8. The van der Waals surface area contributed by atoms with Crippen molar-refractivity contribution in [2.24, 2.45) is 11.3 Å². The number of sulfonamides is 1. The number of amides is 1. The first-order valence-electron chi connectivity index (χ1n) is 22.6. The van der Waals surface area contributed by atoms with Crippen LogP contribution in [-0.2, 0) is 10.0 Å². The SMILES string of the molecule is O=C(NS(=O)(=O)c1cc([N+](=O)[O-])c2c(n1)OC[C@H](C1CCC1)N2)c1ccc(N2CCC3(CC2)CC(N2CCC[C@H]2c2ccccc2C2CCC2)C3)cc1Oc1cnc2[nH]ccc2c1. The molecule has 2 aromatic carbocycles. The number of hydrogen-bond donors (Lipinski definition) is 3. The number of ether oxygens (including phenoxy) is 2. The third-order valence-corrected chi connectivity index (χ3v) is 16.3. The molecule has 2 atom stereocenters. The highest BCUT2D eigenvalue weighted by Crippen LogP contribution is 2.55. The maximum Gasteiger partial charge on any atom is 0.300 e. The second-order valence-electron chi connectivity index (χ2n) is 18.7. The first-order chi connectivity index (χ1) is 30.6. The van der Waals surface area contributed by atoms with Crippen LogP contribution in [-0.4, -0.2) is 77.4 Å². The van der Waals surface area contributed by atoms with E-state index in [9.17, 15) is 23.3 Å².